The van der Waals surface area contributed by atoms with Crippen molar-refractivity contribution in [3.05, 3.63) is 114 Å². The number of rotatable bonds is 11. The van der Waals surface area contributed by atoms with Gasteiger partial charge in [-0.2, -0.15) is 13.2 Å². The lowest BCUT2D eigenvalue weighted by Gasteiger charge is -2.21. The summed E-state index contributed by atoms with van der Waals surface area (Å²) in [5.41, 5.74) is 2.44. The molecule has 0 saturated carbocycles. The second kappa shape index (κ2) is 13.3. The van der Waals surface area contributed by atoms with Gasteiger partial charge in [0.15, 0.2) is 0 Å². The first kappa shape index (κ1) is 31.4. The van der Waals surface area contributed by atoms with E-state index < -0.39 is 26.7 Å². The maximum Gasteiger partial charge on any atom is 0.416 e. The standard InChI is InChI=1S/C34H34F3N3O3S/c1-24-5-4-18-40(24)23-27-6-2-8-28(19-27)32-16-12-29(34(35,36)37)21-33(32)44(42,43)39-30-13-9-25(10-14-30)20-31(41)15-11-26-7-3-17-38-22-26/h2-3,6-10,12-14,16-17,19,21-22,24,39H,4-5,11,15,18,20,23H2,1H3. The zero-order valence-corrected chi connectivity index (χ0v) is 25.2. The van der Waals surface area contributed by atoms with Crippen molar-refractivity contribution >= 4 is 21.5 Å². The Kier molecular flexibility index (Phi) is 9.51. The second-order valence-corrected chi connectivity index (χ2v) is 12.9. The third-order valence-corrected chi connectivity index (χ3v) is 9.36. The molecule has 5 rings (SSSR count). The van der Waals surface area contributed by atoms with E-state index in [0.717, 1.165) is 36.6 Å². The molecule has 2 heterocycles. The van der Waals surface area contributed by atoms with Gasteiger partial charge in [-0.25, -0.2) is 8.42 Å². The van der Waals surface area contributed by atoms with Crippen LogP contribution in [0.5, 0.6) is 0 Å². The Balaban J connectivity index is 1.35. The number of hydrogen-bond acceptors (Lipinski definition) is 5. The van der Waals surface area contributed by atoms with Crippen LogP contribution in [0, 0.1) is 0 Å². The van der Waals surface area contributed by atoms with E-state index in [-0.39, 0.29) is 23.5 Å². The molecule has 0 amide bonds. The van der Waals surface area contributed by atoms with Gasteiger partial charge in [0.1, 0.15) is 5.78 Å². The van der Waals surface area contributed by atoms with Gasteiger partial charge in [-0.15, -0.1) is 0 Å². The summed E-state index contributed by atoms with van der Waals surface area (Å²) in [5, 5.41) is 0. The molecule has 1 N–H and O–H groups in total. The molecule has 1 unspecified atom stereocenters. The Morgan fingerprint density at radius 3 is 2.43 bits per heavy atom. The molecule has 10 heteroatoms. The number of sulfonamides is 1. The number of benzene rings is 3. The summed E-state index contributed by atoms with van der Waals surface area (Å²) in [4.78, 5) is 18.4. The molecule has 1 saturated heterocycles. The van der Waals surface area contributed by atoms with Crippen molar-refractivity contribution in [1.82, 2.24) is 9.88 Å². The van der Waals surface area contributed by atoms with E-state index in [1.807, 2.05) is 24.3 Å². The van der Waals surface area contributed by atoms with Crippen LogP contribution < -0.4 is 4.72 Å². The van der Waals surface area contributed by atoms with Gasteiger partial charge < -0.3 is 0 Å². The monoisotopic (exact) mass is 621 g/mol. The van der Waals surface area contributed by atoms with Crippen molar-refractivity contribution in [3.8, 4) is 11.1 Å². The molecule has 0 aliphatic carbocycles. The Bertz CT molecular complexity index is 1710. The number of ketones is 1. The number of nitrogens with one attached hydrogen (secondary N) is 1. The van der Waals surface area contributed by atoms with Gasteiger partial charge in [-0.1, -0.05) is 42.5 Å². The van der Waals surface area contributed by atoms with Gasteiger partial charge in [-0.05, 0) is 91.4 Å². The Morgan fingerprint density at radius 2 is 1.75 bits per heavy atom. The molecule has 1 aliphatic rings. The van der Waals surface area contributed by atoms with Crippen molar-refractivity contribution in [3.63, 3.8) is 0 Å². The van der Waals surface area contributed by atoms with Crippen LogP contribution >= 0.6 is 0 Å². The molecule has 0 spiro atoms. The number of pyridine rings is 1. The van der Waals surface area contributed by atoms with Crippen molar-refractivity contribution in [1.29, 1.82) is 0 Å². The van der Waals surface area contributed by atoms with Crippen LogP contribution in [-0.4, -0.2) is 36.7 Å². The zero-order valence-electron chi connectivity index (χ0n) is 24.3. The summed E-state index contributed by atoms with van der Waals surface area (Å²) in [7, 11) is -4.43. The Labute approximate surface area is 256 Å². The minimum absolute atomic E-state index is 0.0252. The molecule has 0 radical (unpaired) electrons. The molecule has 1 fully saturated rings. The third-order valence-electron chi connectivity index (χ3n) is 7.94. The number of aromatic nitrogens is 1. The van der Waals surface area contributed by atoms with Crippen LogP contribution in [0.4, 0.5) is 18.9 Å². The number of Topliss-reactive ketones (excluding diaryl/α,β-unsaturated/α-hetero) is 1. The van der Waals surface area contributed by atoms with Gasteiger partial charge in [0, 0.05) is 49.1 Å². The lowest BCUT2D eigenvalue weighted by atomic mass is 10.0. The summed E-state index contributed by atoms with van der Waals surface area (Å²) >= 11 is 0. The van der Waals surface area contributed by atoms with Gasteiger partial charge in [0.2, 0.25) is 0 Å². The molecule has 3 aromatic carbocycles. The number of halogens is 3. The average molecular weight is 622 g/mol. The van der Waals surface area contributed by atoms with E-state index >= 15 is 0 Å². The van der Waals surface area contributed by atoms with Gasteiger partial charge in [-0.3, -0.25) is 19.4 Å². The summed E-state index contributed by atoms with van der Waals surface area (Å²) in [6.45, 7) is 3.80. The number of aryl methyl sites for hydroxylation is 1. The minimum Gasteiger partial charge on any atom is -0.299 e. The number of carbonyl (C=O) groups is 1. The van der Waals surface area contributed by atoms with E-state index in [1.165, 1.54) is 18.2 Å². The molecule has 0 bridgehead atoms. The molecule has 44 heavy (non-hydrogen) atoms. The molecule has 1 atom stereocenters. The van der Waals surface area contributed by atoms with Crippen molar-refractivity contribution in [2.45, 2.75) is 62.7 Å². The normalized spacial score (nSPS) is 15.8. The fraction of sp³-hybridized carbons (Fsp3) is 0.294. The van der Waals surface area contributed by atoms with Crippen LogP contribution in [0.25, 0.3) is 11.1 Å². The zero-order chi connectivity index (χ0) is 31.3. The van der Waals surface area contributed by atoms with E-state index in [2.05, 4.69) is 21.5 Å². The van der Waals surface area contributed by atoms with Crippen LogP contribution in [0.15, 0.2) is 96.2 Å². The quantitative estimate of drug-likeness (QED) is 0.190. The first-order valence-corrected chi connectivity index (χ1v) is 16.0. The molecule has 230 valence electrons. The topological polar surface area (TPSA) is 79.4 Å². The van der Waals surface area contributed by atoms with Crippen molar-refractivity contribution in [2.75, 3.05) is 11.3 Å². The van der Waals surface area contributed by atoms with Crippen molar-refractivity contribution in [2.24, 2.45) is 0 Å². The van der Waals surface area contributed by atoms with Gasteiger partial charge in [0.05, 0.1) is 10.5 Å². The molecule has 1 aromatic heterocycles. The first-order chi connectivity index (χ1) is 21.0. The summed E-state index contributed by atoms with van der Waals surface area (Å²) in [6.07, 6.45) is 1.98. The lowest BCUT2D eigenvalue weighted by Crippen LogP contribution is -2.26. The highest BCUT2D eigenvalue weighted by molar-refractivity contribution is 7.92. The highest BCUT2D eigenvalue weighted by atomic mass is 32.2. The summed E-state index contributed by atoms with van der Waals surface area (Å²) in [5.74, 6) is 0.0252. The van der Waals surface area contributed by atoms with Crippen LogP contribution in [0.1, 0.15) is 48.4 Å². The number of carbonyl (C=O) groups excluding carboxylic acids is 1. The molecule has 6 nitrogen and oxygen atoms in total. The second-order valence-electron chi connectivity index (χ2n) is 11.2. The molecule has 4 aromatic rings. The van der Waals surface area contributed by atoms with Crippen LogP contribution in [-0.2, 0) is 40.4 Å². The molecule has 1 aliphatic heterocycles. The Morgan fingerprint density at radius 1 is 0.977 bits per heavy atom. The summed E-state index contributed by atoms with van der Waals surface area (Å²) < 4.78 is 70.8. The lowest BCUT2D eigenvalue weighted by molar-refractivity contribution is -0.137. The van der Waals surface area contributed by atoms with Crippen molar-refractivity contribution < 1.29 is 26.4 Å². The number of nitrogens with zero attached hydrogens (tertiary/aromatic N) is 2. The summed E-state index contributed by atoms with van der Waals surface area (Å²) in [6, 6.07) is 20.5. The molecular formula is C34H34F3N3O3S. The molecular weight excluding hydrogens is 587 g/mol. The van der Waals surface area contributed by atoms with Gasteiger partial charge in [0.25, 0.3) is 10.0 Å². The predicted octanol–water partition coefficient (Wildman–Crippen LogP) is 7.30. The maximum absolute atomic E-state index is 13.7. The largest absolute Gasteiger partial charge is 0.416 e. The number of hydrogen-bond donors (Lipinski definition) is 1. The minimum atomic E-state index is -4.72. The smallest absolute Gasteiger partial charge is 0.299 e. The van der Waals surface area contributed by atoms with E-state index in [4.69, 9.17) is 0 Å². The van der Waals surface area contributed by atoms with E-state index in [9.17, 15) is 26.4 Å². The fourth-order valence-electron chi connectivity index (χ4n) is 5.51. The average Bonchev–Trinajstić information content (AvgIpc) is 3.40. The SMILES string of the molecule is CC1CCCN1Cc1cccc(-c2ccc(C(F)(F)F)cc2S(=O)(=O)Nc2ccc(CC(=O)CCc3cccnc3)cc2)c1. The first-order valence-electron chi connectivity index (χ1n) is 14.5. The number of alkyl halides is 3. The van der Waals surface area contributed by atoms with E-state index in [1.54, 1.807) is 36.7 Å². The maximum atomic E-state index is 13.7. The van der Waals surface area contributed by atoms with Crippen LogP contribution in [0.2, 0.25) is 0 Å². The van der Waals surface area contributed by atoms with Gasteiger partial charge >= 0.3 is 6.18 Å². The number of likely N-dealkylation sites (tertiary alicyclic amines) is 1. The Hall–Kier alpha value is -4.02. The predicted molar refractivity (Wildman–Crippen MR) is 165 cm³/mol. The fourth-order valence-corrected chi connectivity index (χ4v) is 6.82. The highest BCUT2D eigenvalue weighted by Gasteiger charge is 2.33. The number of anilines is 1. The highest BCUT2D eigenvalue weighted by Crippen LogP contribution is 2.36. The van der Waals surface area contributed by atoms with Crippen LogP contribution in [0.3, 0.4) is 0 Å². The van der Waals surface area contributed by atoms with E-state index in [0.29, 0.717) is 42.6 Å². The third kappa shape index (κ3) is 7.92.